The largest absolute Gasteiger partial charge is 0.480 e. The molecule has 0 radical (unpaired) electrons. The summed E-state index contributed by atoms with van der Waals surface area (Å²) in [5.41, 5.74) is 4.01. The fourth-order valence-electron chi connectivity index (χ4n) is 1.68. The highest BCUT2D eigenvalue weighted by Crippen LogP contribution is 2.11. The van der Waals surface area contributed by atoms with Gasteiger partial charge < -0.3 is 5.11 Å². The number of carboxylic acid groups (broad SMARTS) is 1. The smallest absolute Gasteiger partial charge is 0.328 e. The van der Waals surface area contributed by atoms with Crippen LogP contribution in [0.4, 0.5) is 0 Å². The predicted octanol–water partition coefficient (Wildman–Crippen LogP) is 4.95. The van der Waals surface area contributed by atoms with Crippen molar-refractivity contribution >= 4 is 12.2 Å². The second kappa shape index (κ2) is 11.1. The normalized spacial score (nSPS) is 14.3. The van der Waals surface area contributed by atoms with E-state index >= 15 is 0 Å². The SMILES string of the molecule is CC(C)=CCC/C(C)=C/CC/C(C)=C/C=N/[C@@H](C)C(=O)O. The molecule has 0 aliphatic carbocycles. The Morgan fingerprint density at radius 3 is 2.19 bits per heavy atom. The summed E-state index contributed by atoms with van der Waals surface area (Å²) in [5.74, 6) is -0.896. The third-order valence-electron chi connectivity index (χ3n) is 3.15. The second-order valence-corrected chi connectivity index (χ2v) is 5.73. The molecule has 0 aliphatic heterocycles. The Hall–Kier alpha value is -1.64. The standard InChI is InChI=1S/C18H29NO2/c1-14(2)8-6-9-15(3)10-7-11-16(4)12-13-19-17(5)18(20)21/h8,10,12-13,17H,6-7,9,11H2,1-5H3,(H,20,21)/b15-10+,16-12+,19-13+/t17-/m0/s1. The minimum atomic E-state index is -0.896. The van der Waals surface area contributed by atoms with E-state index in [4.69, 9.17) is 5.11 Å². The van der Waals surface area contributed by atoms with E-state index in [2.05, 4.69) is 37.9 Å². The second-order valence-electron chi connectivity index (χ2n) is 5.73. The van der Waals surface area contributed by atoms with Gasteiger partial charge in [-0.25, -0.2) is 4.79 Å². The summed E-state index contributed by atoms with van der Waals surface area (Å²) in [6.45, 7) is 10.0. The number of rotatable bonds is 9. The van der Waals surface area contributed by atoms with Crippen molar-refractivity contribution in [3.63, 3.8) is 0 Å². The molecule has 0 aromatic carbocycles. The van der Waals surface area contributed by atoms with E-state index in [-0.39, 0.29) is 0 Å². The lowest BCUT2D eigenvalue weighted by molar-refractivity contribution is -0.137. The highest BCUT2D eigenvalue weighted by Gasteiger charge is 2.05. The summed E-state index contributed by atoms with van der Waals surface area (Å²) in [7, 11) is 0. The lowest BCUT2D eigenvalue weighted by Gasteiger charge is -2.01. The molecule has 0 unspecified atom stereocenters. The van der Waals surface area contributed by atoms with Gasteiger partial charge in [0, 0.05) is 6.21 Å². The summed E-state index contributed by atoms with van der Waals surface area (Å²) in [6, 6.07) is -0.675. The maximum atomic E-state index is 10.6. The molecule has 0 saturated heterocycles. The Morgan fingerprint density at radius 1 is 1.05 bits per heavy atom. The molecule has 0 aliphatic rings. The molecule has 3 heteroatoms. The minimum absolute atomic E-state index is 0.675. The highest BCUT2D eigenvalue weighted by molar-refractivity contribution is 5.79. The molecule has 0 heterocycles. The minimum Gasteiger partial charge on any atom is -0.480 e. The van der Waals surface area contributed by atoms with Gasteiger partial charge in [-0.15, -0.1) is 0 Å². The molecule has 0 spiro atoms. The average Bonchev–Trinajstić information content (AvgIpc) is 2.37. The number of carbonyl (C=O) groups is 1. The number of allylic oxidation sites excluding steroid dienone is 6. The molecular weight excluding hydrogens is 262 g/mol. The maximum Gasteiger partial charge on any atom is 0.328 e. The zero-order valence-corrected chi connectivity index (χ0v) is 14.0. The molecule has 3 nitrogen and oxygen atoms in total. The van der Waals surface area contributed by atoms with E-state index in [1.165, 1.54) is 16.7 Å². The van der Waals surface area contributed by atoms with Crippen molar-refractivity contribution in [1.82, 2.24) is 0 Å². The van der Waals surface area contributed by atoms with Crippen LogP contribution in [-0.2, 0) is 4.79 Å². The first-order valence-electron chi connectivity index (χ1n) is 7.53. The molecule has 0 aromatic heterocycles. The van der Waals surface area contributed by atoms with Crippen LogP contribution in [0.5, 0.6) is 0 Å². The maximum absolute atomic E-state index is 10.6. The summed E-state index contributed by atoms with van der Waals surface area (Å²) < 4.78 is 0. The first-order valence-corrected chi connectivity index (χ1v) is 7.53. The third kappa shape index (κ3) is 11.9. The van der Waals surface area contributed by atoms with Crippen molar-refractivity contribution in [2.45, 2.75) is 66.3 Å². The van der Waals surface area contributed by atoms with Crippen LogP contribution in [0, 0.1) is 0 Å². The number of hydrogen-bond donors (Lipinski definition) is 1. The number of hydrogen-bond acceptors (Lipinski definition) is 2. The van der Waals surface area contributed by atoms with Crippen LogP contribution >= 0.6 is 0 Å². The Balaban J connectivity index is 4.09. The Kier molecular flexibility index (Phi) is 10.2. The van der Waals surface area contributed by atoms with Crippen LogP contribution in [-0.4, -0.2) is 23.3 Å². The van der Waals surface area contributed by atoms with E-state index in [0.717, 1.165) is 25.7 Å². The molecule has 1 N–H and O–H groups in total. The van der Waals surface area contributed by atoms with E-state index in [1.807, 2.05) is 13.0 Å². The van der Waals surface area contributed by atoms with Gasteiger partial charge in [0.2, 0.25) is 0 Å². The van der Waals surface area contributed by atoms with Gasteiger partial charge in [0.25, 0.3) is 0 Å². The van der Waals surface area contributed by atoms with Gasteiger partial charge in [0.1, 0.15) is 6.04 Å². The van der Waals surface area contributed by atoms with E-state index < -0.39 is 12.0 Å². The molecule has 0 fully saturated rings. The van der Waals surface area contributed by atoms with Crippen molar-refractivity contribution in [3.05, 3.63) is 34.9 Å². The van der Waals surface area contributed by atoms with Gasteiger partial charge in [-0.2, -0.15) is 0 Å². The molecule has 0 aromatic rings. The molecule has 0 saturated carbocycles. The van der Waals surface area contributed by atoms with Gasteiger partial charge >= 0.3 is 5.97 Å². The quantitative estimate of drug-likeness (QED) is 0.482. The molecule has 0 amide bonds. The van der Waals surface area contributed by atoms with Crippen LogP contribution in [0.1, 0.15) is 60.3 Å². The van der Waals surface area contributed by atoms with Crippen LogP contribution in [0.2, 0.25) is 0 Å². The van der Waals surface area contributed by atoms with Crippen molar-refractivity contribution in [1.29, 1.82) is 0 Å². The Bertz CT molecular complexity index is 438. The van der Waals surface area contributed by atoms with Crippen LogP contribution < -0.4 is 0 Å². The summed E-state index contributed by atoms with van der Waals surface area (Å²) in [5, 5.41) is 8.71. The van der Waals surface area contributed by atoms with Gasteiger partial charge in [-0.3, -0.25) is 4.99 Å². The summed E-state index contributed by atoms with van der Waals surface area (Å²) in [4.78, 5) is 14.5. The van der Waals surface area contributed by atoms with Gasteiger partial charge in [-0.1, -0.05) is 28.9 Å². The summed E-state index contributed by atoms with van der Waals surface area (Å²) in [6.07, 6.45) is 12.3. The van der Waals surface area contributed by atoms with Crippen molar-refractivity contribution in [2.75, 3.05) is 0 Å². The lowest BCUT2D eigenvalue weighted by atomic mass is 10.1. The van der Waals surface area contributed by atoms with E-state index in [0.29, 0.717) is 0 Å². The topological polar surface area (TPSA) is 49.7 Å². The van der Waals surface area contributed by atoms with Gasteiger partial charge in [0.05, 0.1) is 0 Å². The number of nitrogens with zero attached hydrogens (tertiary/aromatic N) is 1. The molecule has 1 atom stereocenters. The van der Waals surface area contributed by atoms with Crippen LogP contribution in [0.15, 0.2) is 39.9 Å². The van der Waals surface area contributed by atoms with Crippen molar-refractivity contribution in [3.8, 4) is 0 Å². The van der Waals surface area contributed by atoms with Crippen molar-refractivity contribution < 1.29 is 9.90 Å². The Labute approximate surface area is 129 Å². The molecule has 21 heavy (non-hydrogen) atoms. The molecule has 0 rings (SSSR count). The third-order valence-corrected chi connectivity index (χ3v) is 3.15. The Morgan fingerprint density at radius 2 is 1.62 bits per heavy atom. The zero-order chi connectivity index (χ0) is 16.3. The van der Waals surface area contributed by atoms with Gasteiger partial charge in [0.15, 0.2) is 0 Å². The summed E-state index contributed by atoms with van der Waals surface area (Å²) >= 11 is 0. The fourth-order valence-corrected chi connectivity index (χ4v) is 1.68. The highest BCUT2D eigenvalue weighted by atomic mass is 16.4. The average molecular weight is 291 g/mol. The van der Waals surface area contributed by atoms with E-state index in [1.54, 1.807) is 13.1 Å². The first kappa shape index (κ1) is 19.4. The fraction of sp³-hybridized carbons (Fsp3) is 0.556. The first-order chi connectivity index (χ1) is 9.82. The zero-order valence-electron chi connectivity index (χ0n) is 14.0. The monoisotopic (exact) mass is 291 g/mol. The van der Waals surface area contributed by atoms with Crippen molar-refractivity contribution in [2.24, 2.45) is 4.99 Å². The van der Waals surface area contributed by atoms with Gasteiger partial charge in [-0.05, 0) is 66.4 Å². The molecular formula is C18H29NO2. The molecule has 0 bridgehead atoms. The van der Waals surface area contributed by atoms with E-state index in [9.17, 15) is 4.79 Å². The predicted molar refractivity (Wildman–Crippen MR) is 91.0 cm³/mol. The number of aliphatic carboxylic acids is 1. The molecule has 118 valence electrons. The lowest BCUT2D eigenvalue weighted by Crippen LogP contribution is -2.12. The number of carboxylic acids is 1. The number of aliphatic imine (C=N–C) groups is 1. The van der Waals surface area contributed by atoms with Crippen LogP contribution in [0.3, 0.4) is 0 Å². The van der Waals surface area contributed by atoms with Crippen LogP contribution in [0.25, 0.3) is 0 Å².